The minimum absolute atomic E-state index is 0.0429. The van der Waals surface area contributed by atoms with Gasteiger partial charge in [-0.1, -0.05) is 26.7 Å². The number of carbonyl (C=O) groups is 1. The molecule has 1 N–H and O–H groups in total. The molecule has 5 rings (SSSR count). The van der Waals surface area contributed by atoms with Crippen LogP contribution in [0.3, 0.4) is 0 Å². The summed E-state index contributed by atoms with van der Waals surface area (Å²) in [5.74, 6) is 0.940. The highest BCUT2D eigenvalue weighted by Crippen LogP contribution is 2.34. The average Bonchev–Trinajstić information content (AvgIpc) is 3.10. The number of aromatic nitrogens is 2. The van der Waals surface area contributed by atoms with E-state index in [9.17, 15) is 9.59 Å². The number of rotatable bonds is 2. The van der Waals surface area contributed by atoms with Crippen LogP contribution in [0.5, 0.6) is 0 Å². The van der Waals surface area contributed by atoms with E-state index in [-0.39, 0.29) is 17.5 Å². The van der Waals surface area contributed by atoms with Crippen LogP contribution in [0.4, 0.5) is 0 Å². The number of carbonyl (C=O) groups excluding carboxylic acids is 1. The molecule has 1 saturated carbocycles. The molecule has 2 aliphatic carbocycles. The average molecular weight is 410 g/mol. The molecule has 2 aliphatic rings. The maximum atomic E-state index is 13.3. The number of nitrogens with zero attached hydrogens (tertiary/aromatic N) is 2. The lowest BCUT2D eigenvalue weighted by Gasteiger charge is -2.34. The number of hydrogen-bond donors (Lipinski definition) is 1. The van der Waals surface area contributed by atoms with Gasteiger partial charge in [0.05, 0.1) is 10.9 Å². The summed E-state index contributed by atoms with van der Waals surface area (Å²) in [4.78, 5) is 33.3. The van der Waals surface area contributed by atoms with E-state index in [1.165, 1.54) is 23.3 Å². The maximum absolute atomic E-state index is 13.3. The Morgan fingerprint density at radius 3 is 2.90 bits per heavy atom. The Labute approximate surface area is 174 Å². The van der Waals surface area contributed by atoms with Crippen LogP contribution in [0.15, 0.2) is 23.1 Å². The highest BCUT2D eigenvalue weighted by atomic mass is 32.1. The Morgan fingerprint density at radius 2 is 2.03 bits per heavy atom. The van der Waals surface area contributed by atoms with Crippen molar-refractivity contribution >= 4 is 33.1 Å². The number of fused-ring (bicyclic) bond motifs is 4. The third kappa shape index (κ3) is 3.08. The fraction of sp³-hybridized carbons (Fsp3) is 0.522. The van der Waals surface area contributed by atoms with Crippen molar-refractivity contribution in [3.63, 3.8) is 0 Å². The zero-order valence-electron chi connectivity index (χ0n) is 17.0. The van der Waals surface area contributed by atoms with Crippen molar-refractivity contribution in [3.8, 4) is 0 Å². The van der Waals surface area contributed by atoms with E-state index in [2.05, 4.69) is 19.2 Å². The van der Waals surface area contributed by atoms with E-state index < -0.39 is 0 Å². The SMILES string of the molecule is C[C@H]1[C@H](C)CCC[C@@H]1NC(=O)c1cccn2c(=O)c3c4c(sc3nc12)CCCC4. The number of thiophene rings is 1. The van der Waals surface area contributed by atoms with Gasteiger partial charge in [-0.15, -0.1) is 11.3 Å². The molecule has 5 nitrogen and oxygen atoms in total. The minimum Gasteiger partial charge on any atom is -0.349 e. The predicted molar refractivity (Wildman–Crippen MR) is 117 cm³/mol. The van der Waals surface area contributed by atoms with Gasteiger partial charge in [-0.3, -0.25) is 14.0 Å². The molecule has 152 valence electrons. The standard InChI is InChI=1S/C23H27N3O2S/c1-13-7-5-10-17(14(13)2)24-21(27)16-9-6-12-26-20(16)25-22-19(23(26)28)15-8-3-4-11-18(15)29-22/h6,9,12-14,17H,3-5,7-8,10-11H2,1-2H3,(H,24,27)/t13-,14+,17+/m1/s1. The zero-order chi connectivity index (χ0) is 20.1. The van der Waals surface area contributed by atoms with Gasteiger partial charge in [0.15, 0.2) is 5.65 Å². The molecule has 3 heterocycles. The van der Waals surface area contributed by atoms with E-state index in [4.69, 9.17) is 4.98 Å². The number of hydrogen-bond acceptors (Lipinski definition) is 4. The van der Waals surface area contributed by atoms with Crippen LogP contribution in [-0.2, 0) is 12.8 Å². The first-order chi connectivity index (χ1) is 14.0. The maximum Gasteiger partial charge on any atom is 0.266 e. The topological polar surface area (TPSA) is 63.5 Å². The van der Waals surface area contributed by atoms with Gasteiger partial charge in [0, 0.05) is 17.1 Å². The summed E-state index contributed by atoms with van der Waals surface area (Å²) in [6.45, 7) is 4.48. The molecule has 3 aromatic rings. The van der Waals surface area contributed by atoms with Crippen LogP contribution >= 0.6 is 11.3 Å². The molecule has 1 amide bonds. The second-order valence-corrected chi connectivity index (χ2v) is 9.85. The van der Waals surface area contributed by atoms with Crippen LogP contribution in [0.25, 0.3) is 15.9 Å². The molecular formula is C23H27N3O2S. The Balaban J connectivity index is 1.59. The van der Waals surface area contributed by atoms with Gasteiger partial charge in [-0.25, -0.2) is 4.98 Å². The third-order valence-corrected chi connectivity index (χ3v) is 8.21. The van der Waals surface area contributed by atoms with Crippen molar-refractivity contribution in [2.75, 3.05) is 0 Å². The minimum atomic E-state index is -0.124. The molecule has 0 unspecified atom stereocenters. The summed E-state index contributed by atoms with van der Waals surface area (Å²) in [7, 11) is 0. The van der Waals surface area contributed by atoms with E-state index in [0.717, 1.165) is 42.3 Å². The monoisotopic (exact) mass is 409 g/mol. The first-order valence-corrected chi connectivity index (χ1v) is 11.6. The summed E-state index contributed by atoms with van der Waals surface area (Å²) in [6, 6.07) is 3.74. The van der Waals surface area contributed by atoms with Gasteiger partial charge in [0.2, 0.25) is 0 Å². The molecule has 0 saturated heterocycles. The van der Waals surface area contributed by atoms with E-state index in [1.54, 1.807) is 34.1 Å². The van der Waals surface area contributed by atoms with Crippen molar-refractivity contribution in [1.29, 1.82) is 0 Å². The van der Waals surface area contributed by atoms with Crippen molar-refractivity contribution in [3.05, 3.63) is 44.7 Å². The van der Waals surface area contributed by atoms with E-state index in [1.807, 2.05) is 0 Å². The lowest BCUT2D eigenvalue weighted by Crippen LogP contribution is -2.43. The summed E-state index contributed by atoms with van der Waals surface area (Å²) in [5.41, 5.74) is 2.10. The van der Waals surface area contributed by atoms with E-state index in [0.29, 0.717) is 23.0 Å². The van der Waals surface area contributed by atoms with Crippen molar-refractivity contribution < 1.29 is 4.79 Å². The summed E-state index contributed by atoms with van der Waals surface area (Å²) in [5, 5.41) is 3.99. The van der Waals surface area contributed by atoms with Gasteiger partial charge >= 0.3 is 0 Å². The lowest BCUT2D eigenvalue weighted by atomic mass is 9.78. The Morgan fingerprint density at radius 1 is 1.21 bits per heavy atom. The smallest absolute Gasteiger partial charge is 0.266 e. The second kappa shape index (κ2) is 7.24. The normalized spacial score (nSPS) is 24.6. The van der Waals surface area contributed by atoms with Crippen LogP contribution in [0, 0.1) is 11.8 Å². The third-order valence-electron chi connectivity index (χ3n) is 7.03. The summed E-state index contributed by atoms with van der Waals surface area (Å²) >= 11 is 1.63. The Bertz CT molecular complexity index is 1160. The van der Waals surface area contributed by atoms with Crippen molar-refractivity contribution in [1.82, 2.24) is 14.7 Å². The first-order valence-electron chi connectivity index (χ1n) is 10.8. The molecule has 0 bridgehead atoms. The molecule has 3 atom stereocenters. The molecule has 6 heteroatoms. The highest BCUT2D eigenvalue weighted by Gasteiger charge is 2.29. The number of aryl methyl sites for hydroxylation is 2. The van der Waals surface area contributed by atoms with Gasteiger partial charge in [-0.05, 0) is 61.6 Å². The number of pyridine rings is 1. The van der Waals surface area contributed by atoms with Gasteiger partial charge in [-0.2, -0.15) is 0 Å². The van der Waals surface area contributed by atoms with Crippen LogP contribution in [0.1, 0.15) is 66.8 Å². The summed E-state index contributed by atoms with van der Waals surface area (Å²) in [6.07, 6.45) is 9.40. The van der Waals surface area contributed by atoms with Gasteiger partial charge in [0.1, 0.15) is 4.83 Å². The van der Waals surface area contributed by atoms with Crippen molar-refractivity contribution in [2.24, 2.45) is 11.8 Å². The number of nitrogens with one attached hydrogen (secondary N) is 1. The van der Waals surface area contributed by atoms with E-state index >= 15 is 0 Å². The van der Waals surface area contributed by atoms with Gasteiger partial charge < -0.3 is 5.32 Å². The molecule has 29 heavy (non-hydrogen) atoms. The largest absolute Gasteiger partial charge is 0.349 e. The van der Waals surface area contributed by atoms with Crippen LogP contribution < -0.4 is 10.9 Å². The predicted octanol–water partition coefficient (Wildman–Crippen LogP) is 4.34. The molecule has 0 radical (unpaired) electrons. The molecule has 1 fully saturated rings. The summed E-state index contributed by atoms with van der Waals surface area (Å²) < 4.78 is 1.56. The molecule has 0 spiro atoms. The fourth-order valence-corrected chi connectivity index (χ4v) is 6.31. The molecule has 0 aliphatic heterocycles. The molecule has 3 aromatic heterocycles. The highest BCUT2D eigenvalue weighted by molar-refractivity contribution is 7.18. The quantitative estimate of drug-likeness (QED) is 0.685. The van der Waals surface area contributed by atoms with Crippen molar-refractivity contribution in [2.45, 2.75) is 64.8 Å². The lowest BCUT2D eigenvalue weighted by molar-refractivity contribution is 0.0892. The first kappa shape index (κ1) is 18.8. The second-order valence-electron chi connectivity index (χ2n) is 8.77. The van der Waals surface area contributed by atoms with Crippen LogP contribution in [-0.4, -0.2) is 21.3 Å². The fourth-order valence-electron chi connectivity index (χ4n) is 5.05. The molecule has 0 aromatic carbocycles. The Hall–Kier alpha value is -2.21. The Kier molecular flexibility index (Phi) is 4.69. The van der Waals surface area contributed by atoms with Crippen LogP contribution in [0.2, 0.25) is 0 Å². The number of amides is 1. The van der Waals surface area contributed by atoms with Gasteiger partial charge in [0.25, 0.3) is 11.5 Å². The molecular weight excluding hydrogens is 382 g/mol. The zero-order valence-corrected chi connectivity index (χ0v) is 17.8.